The van der Waals surface area contributed by atoms with Gasteiger partial charge in [0.15, 0.2) is 0 Å². The Kier molecular flexibility index (Phi) is 5.03. The Labute approximate surface area is 131 Å². The molecular formula is C18H20ClNO. The van der Waals surface area contributed by atoms with Gasteiger partial charge in [-0.1, -0.05) is 53.6 Å². The van der Waals surface area contributed by atoms with Gasteiger partial charge in [0.2, 0.25) is 5.91 Å². The predicted molar refractivity (Wildman–Crippen MR) is 87.6 cm³/mol. The van der Waals surface area contributed by atoms with E-state index in [4.69, 9.17) is 11.6 Å². The highest BCUT2D eigenvalue weighted by Crippen LogP contribution is 2.19. The van der Waals surface area contributed by atoms with Gasteiger partial charge in [-0.3, -0.25) is 4.79 Å². The van der Waals surface area contributed by atoms with Crippen molar-refractivity contribution in [1.82, 2.24) is 5.32 Å². The lowest BCUT2D eigenvalue weighted by atomic mass is 10.00. The van der Waals surface area contributed by atoms with Crippen LogP contribution in [0.1, 0.15) is 35.2 Å². The number of rotatable bonds is 4. The molecule has 1 atom stereocenters. The van der Waals surface area contributed by atoms with Crippen molar-refractivity contribution >= 4 is 17.5 Å². The molecule has 0 aliphatic carbocycles. The maximum atomic E-state index is 12.2. The molecule has 2 aromatic carbocycles. The number of nitrogens with one attached hydrogen (secondary N) is 1. The summed E-state index contributed by atoms with van der Waals surface area (Å²) >= 11 is 6.08. The maximum Gasteiger partial charge on any atom is 0.224 e. The van der Waals surface area contributed by atoms with Crippen LogP contribution in [0, 0.1) is 13.8 Å². The molecule has 0 unspecified atom stereocenters. The maximum absolute atomic E-state index is 12.2. The Morgan fingerprint density at radius 2 is 1.90 bits per heavy atom. The van der Waals surface area contributed by atoms with Crippen molar-refractivity contribution < 1.29 is 4.79 Å². The molecule has 2 nitrogen and oxygen atoms in total. The van der Waals surface area contributed by atoms with E-state index in [9.17, 15) is 4.79 Å². The molecular weight excluding hydrogens is 282 g/mol. The van der Waals surface area contributed by atoms with Gasteiger partial charge in [-0.15, -0.1) is 0 Å². The van der Waals surface area contributed by atoms with Gasteiger partial charge in [-0.05, 0) is 43.5 Å². The van der Waals surface area contributed by atoms with Crippen LogP contribution in [-0.2, 0) is 11.2 Å². The SMILES string of the molecule is Cc1ccc([C@@H](C)NC(=O)Cc2ccccc2Cl)c(C)c1. The molecule has 0 bridgehead atoms. The summed E-state index contributed by atoms with van der Waals surface area (Å²) in [6.07, 6.45) is 0.301. The van der Waals surface area contributed by atoms with E-state index in [-0.39, 0.29) is 11.9 Å². The first-order valence-electron chi connectivity index (χ1n) is 7.07. The summed E-state index contributed by atoms with van der Waals surface area (Å²) in [5.74, 6) is -0.0180. The van der Waals surface area contributed by atoms with Gasteiger partial charge >= 0.3 is 0 Å². The molecule has 2 aromatic rings. The van der Waals surface area contributed by atoms with Crippen molar-refractivity contribution in [2.75, 3.05) is 0 Å². The first kappa shape index (κ1) is 15.6. The van der Waals surface area contributed by atoms with Crippen molar-refractivity contribution in [2.24, 2.45) is 0 Å². The average molecular weight is 302 g/mol. The molecule has 0 spiro atoms. The van der Waals surface area contributed by atoms with Crippen molar-refractivity contribution in [2.45, 2.75) is 33.2 Å². The molecule has 0 saturated carbocycles. The molecule has 0 radical (unpaired) electrons. The molecule has 1 N–H and O–H groups in total. The summed E-state index contributed by atoms with van der Waals surface area (Å²) in [4.78, 5) is 12.2. The quantitative estimate of drug-likeness (QED) is 0.892. The number of aryl methyl sites for hydroxylation is 2. The second kappa shape index (κ2) is 6.77. The Hall–Kier alpha value is -1.80. The van der Waals surface area contributed by atoms with Crippen LogP contribution in [0.3, 0.4) is 0 Å². The van der Waals surface area contributed by atoms with E-state index >= 15 is 0 Å². The summed E-state index contributed by atoms with van der Waals surface area (Å²) in [5, 5.41) is 3.67. The lowest BCUT2D eigenvalue weighted by molar-refractivity contribution is -0.121. The van der Waals surface area contributed by atoms with Crippen molar-refractivity contribution in [1.29, 1.82) is 0 Å². The number of carbonyl (C=O) groups is 1. The van der Waals surface area contributed by atoms with Crippen molar-refractivity contribution in [3.8, 4) is 0 Å². The molecule has 0 saturated heterocycles. The van der Waals surface area contributed by atoms with Gasteiger partial charge in [0, 0.05) is 5.02 Å². The molecule has 110 valence electrons. The number of amides is 1. The molecule has 0 heterocycles. The predicted octanol–water partition coefficient (Wildman–Crippen LogP) is 4.38. The first-order chi connectivity index (χ1) is 9.97. The van der Waals surface area contributed by atoms with E-state index in [1.165, 1.54) is 11.1 Å². The fourth-order valence-corrected chi connectivity index (χ4v) is 2.70. The van der Waals surface area contributed by atoms with Gasteiger partial charge in [0.1, 0.15) is 0 Å². The molecule has 1 amide bonds. The second-order valence-electron chi connectivity index (χ2n) is 5.42. The smallest absolute Gasteiger partial charge is 0.224 e. The monoisotopic (exact) mass is 301 g/mol. The molecule has 0 fully saturated rings. The highest BCUT2D eigenvalue weighted by molar-refractivity contribution is 6.31. The minimum atomic E-state index is -0.0180. The van der Waals surface area contributed by atoms with Crippen LogP contribution in [0.4, 0.5) is 0 Å². The molecule has 2 rings (SSSR count). The van der Waals surface area contributed by atoms with E-state index < -0.39 is 0 Å². The normalized spacial score (nSPS) is 12.0. The van der Waals surface area contributed by atoms with Crippen LogP contribution in [0.15, 0.2) is 42.5 Å². The molecule has 3 heteroatoms. The highest BCUT2D eigenvalue weighted by atomic mass is 35.5. The summed E-state index contributed by atoms with van der Waals surface area (Å²) < 4.78 is 0. The number of hydrogen-bond donors (Lipinski definition) is 1. The highest BCUT2D eigenvalue weighted by Gasteiger charge is 2.13. The topological polar surface area (TPSA) is 29.1 Å². The Bertz CT molecular complexity index is 651. The Morgan fingerprint density at radius 3 is 2.57 bits per heavy atom. The zero-order chi connectivity index (χ0) is 15.4. The molecule has 0 aliphatic heterocycles. The summed E-state index contributed by atoms with van der Waals surface area (Å²) in [6.45, 7) is 6.14. The van der Waals surface area contributed by atoms with Gasteiger partial charge in [-0.2, -0.15) is 0 Å². The number of benzene rings is 2. The zero-order valence-electron chi connectivity index (χ0n) is 12.6. The molecule has 0 aromatic heterocycles. The first-order valence-corrected chi connectivity index (χ1v) is 7.45. The Balaban J connectivity index is 2.04. The third kappa shape index (κ3) is 4.08. The van der Waals surface area contributed by atoms with Gasteiger partial charge < -0.3 is 5.32 Å². The third-order valence-electron chi connectivity index (χ3n) is 3.58. The summed E-state index contributed by atoms with van der Waals surface area (Å²) in [6, 6.07) is 13.7. The zero-order valence-corrected chi connectivity index (χ0v) is 13.4. The fraction of sp³-hybridized carbons (Fsp3) is 0.278. The molecule has 0 aliphatic rings. The van der Waals surface area contributed by atoms with Crippen molar-refractivity contribution in [3.63, 3.8) is 0 Å². The van der Waals surface area contributed by atoms with Crippen LogP contribution >= 0.6 is 11.6 Å². The Morgan fingerprint density at radius 1 is 1.19 bits per heavy atom. The number of hydrogen-bond acceptors (Lipinski definition) is 1. The van der Waals surface area contributed by atoms with E-state index in [1.807, 2.05) is 25.1 Å². The minimum Gasteiger partial charge on any atom is -0.349 e. The fourth-order valence-electron chi connectivity index (χ4n) is 2.50. The lowest BCUT2D eigenvalue weighted by Crippen LogP contribution is -2.28. The largest absolute Gasteiger partial charge is 0.349 e. The third-order valence-corrected chi connectivity index (χ3v) is 3.95. The van der Waals surface area contributed by atoms with Gasteiger partial charge in [0.05, 0.1) is 12.5 Å². The van der Waals surface area contributed by atoms with Crippen LogP contribution in [0.5, 0.6) is 0 Å². The van der Waals surface area contributed by atoms with Crippen LogP contribution < -0.4 is 5.32 Å². The van der Waals surface area contributed by atoms with Crippen LogP contribution in [-0.4, -0.2) is 5.91 Å². The number of carbonyl (C=O) groups excluding carboxylic acids is 1. The standard InChI is InChI=1S/C18H20ClNO/c1-12-8-9-16(13(2)10-12)14(3)20-18(21)11-15-6-4-5-7-17(15)19/h4-10,14H,11H2,1-3H3,(H,20,21)/t14-/m1/s1. The van der Waals surface area contributed by atoms with Gasteiger partial charge in [-0.25, -0.2) is 0 Å². The summed E-state index contributed by atoms with van der Waals surface area (Å²) in [7, 11) is 0. The number of halogens is 1. The average Bonchev–Trinajstić information content (AvgIpc) is 2.41. The van der Waals surface area contributed by atoms with Crippen LogP contribution in [0.2, 0.25) is 5.02 Å². The second-order valence-corrected chi connectivity index (χ2v) is 5.82. The van der Waals surface area contributed by atoms with E-state index in [0.717, 1.165) is 11.1 Å². The van der Waals surface area contributed by atoms with Gasteiger partial charge in [0.25, 0.3) is 0 Å². The van der Waals surface area contributed by atoms with E-state index in [0.29, 0.717) is 11.4 Å². The minimum absolute atomic E-state index is 0.0133. The van der Waals surface area contributed by atoms with Crippen LogP contribution in [0.25, 0.3) is 0 Å². The summed E-state index contributed by atoms with van der Waals surface area (Å²) in [5.41, 5.74) is 4.42. The van der Waals surface area contributed by atoms with E-state index in [1.54, 1.807) is 6.07 Å². The lowest BCUT2D eigenvalue weighted by Gasteiger charge is -2.17. The molecule has 21 heavy (non-hydrogen) atoms. The van der Waals surface area contributed by atoms with Crippen molar-refractivity contribution in [3.05, 3.63) is 69.7 Å². The van der Waals surface area contributed by atoms with E-state index in [2.05, 4.69) is 37.4 Å².